The maximum absolute atomic E-state index is 13.6. The molecule has 0 aliphatic rings. The molecule has 0 atom stereocenters. The molecule has 0 heterocycles. The molecule has 0 spiro atoms. The summed E-state index contributed by atoms with van der Waals surface area (Å²) >= 11 is 0. The van der Waals surface area contributed by atoms with Crippen molar-refractivity contribution in [3.8, 4) is 0 Å². The van der Waals surface area contributed by atoms with E-state index in [0.717, 1.165) is 0 Å². The summed E-state index contributed by atoms with van der Waals surface area (Å²) in [6.45, 7) is 3.65. The Morgan fingerprint density at radius 1 is 1.27 bits per heavy atom. The lowest BCUT2D eigenvalue weighted by atomic mass is 10.0. The number of rotatable bonds is 5. The Morgan fingerprint density at radius 3 is 2.27 bits per heavy atom. The average molecular weight is 319 g/mol. The molecule has 0 unspecified atom stereocenters. The molecule has 0 bridgehead atoms. The highest BCUT2D eigenvalue weighted by atomic mass is 19.2. The van der Waals surface area contributed by atoms with Gasteiger partial charge in [-0.2, -0.15) is 4.39 Å². The molecule has 0 saturated heterocycles. The third-order valence-electron chi connectivity index (χ3n) is 3.46. The minimum absolute atomic E-state index is 0.0745. The summed E-state index contributed by atoms with van der Waals surface area (Å²) in [4.78, 5) is 23.1. The van der Waals surface area contributed by atoms with E-state index in [4.69, 9.17) is 0 Å². The highest BCUT2D eigenvalue weighted by Crippen LogP contribution is 2.25. The topological polar surface area (TPSA) is 75.5 Å². The van der Waals surface area contributed by atoms with Crippen molar-refractivity contribution < 1.29 is 22.9 Å². The van der Waals surface area contributed by atoms with Gasteiger partial charge in [-0.25, -0.2) is 8.78 Å². The fourth-order valence-electron chi connectivity index (χ4n) is 1.44. The smallest absolute Gasteiger partial charge is 0.308 e. The maximum atomic E-state index is 13.6. The van der Waals surface area contributed by atoms with Gasteiger partial charge in [0.1, 0.15) is 0 Å². The van der Waals surface area contributed by atoms with Crippen molar-refractivity contribution in [2.75, 3.05) is 20.6 Å². The maximum Gasteiger partial charge on any atom is 0.308 e. The van der Waals surface area contributed by atoms with Crippen LogP contribution < -0.4 is 5.32 Å². The number of nitrogens with zero attached hydrogens (tertiary/aromatic N) is 2. The van der Waals surface area contributed by atoms with Crippen molar-refractivity contribution in [2.45, 2.75) is 19.4 Å². The van der Waals surface area contributed by atoms with Gasteiger partial charge in [0.15, 0.2) is 5.82 Å². The van der Waals surface area contributed by atoms with Gasteiger partial charge in [0, 0.05) is 18.2 Å². The van der Waals surface area contributed by atoms with Gasteiger partial charge >= 0.3 is 5.69 Å². The number of nitro benzene ring substituents is 1. The fraction of sp³-hybridized carbons (Fsp3) is 0.462. The van der Waals surface area contributed by atoms with Crippen LogP contribution in [-0.2, 0) is 0 Å². The average Bonchev–Trinajstić information content (AvgIpc) is 2.42. The van der Waals surface area contributed by atoms with E-state index in [1.54, 1.807) is 32.8 Å². The lowest BCUT2D eigenvalue weighted by molar-refractivity contribution is -0.387. The standard InChI is InChI=1S/C13H16F3N3O3/c1-13(2,18(3)4)6-17-12(20)7-5-8(19(21)22)10(15)11(16)9(7)14/h5H,6H2,1-4H3,(H,17,20). The highest BCUT2D eigenvalue weighted by Gasteiger charge is 2.29. The summed E-state index contributed by atoms with van der Waals surface area (Å²) in [5, 5.41) is 12.9. The summed E-state index contributed by atoms with van der Waals surface area (Å²) in [6, 6.07) is 0.381. The number of nitro groups is 1. The number of hydrogen-bond donors (Lipinski definition) is 1. The van der Waals surface area contributed by atoms with E-state index < -0.39 is 45.1 Å². The SMILES string of the molecule is CN(C)C(C)(C)CNC(=O)c1cc([N+](=O)[O-])c(F)c(F)c1F. The van der Waals surface area contributed by atoms with Crippen molar-refractivity contribution in [3.63, 3.8) is 0 Å². The van der Waals surface area contributed by atoms with Crippen LogP contribution in [0.4, 0.5) is 18.9 Å². The van der Waals surface area contributed by atoms with E-state index in [1.165, 1.54) is 0 Å². The largest absolute Gasteiger partial charge is 0.350 e. The Morgan fingerprint density at radius 2 is 1.82 bits per heavy atom. The highest BCUT2D eigenvalue weighted by molar-refractivity contribution is 5.95. The van der Waals surface area contributed by atoms with Gasteiger partial charge in [0.2, 0.25) is 11.6 Å². The Hall–Kier alpha value is -2.16. The number of amides is 1. The van der Waals surface area contributed by atoms with E-state index in [0.29, 0.717) is 6.07 Å². The molecule has 0 radical (unpaired) electrons. The monoisotopic (exact) mass is 319 g/mol. The number of halogens is 3. The number of carbonyl (C=O) groups excluding carboxylic acids is 1. The summed E-state index contributed by atoms with van der Waals surface area (Å²) in [6.07, 6.45) is 0. The third kappa shape index (κ3) is 3.53. The van der Waals surface area contributed by atoms with Gasteiger partial charge in [-0.05, 0) is 27.9 Å². The molecule has 1 aromatic rings. The molecule has 22 heavy (non-hydrogen) atoms. The van der Waals surface area contributed by atoms with E-state index in [-0.39, 0.29) is 6.54 Å². The molecule has 1 aromatic carbocycles. The molecular weight excluding hydrogens is 303 g/mol. The molecule has 0 aliphatic heterocycles. The van der Waals surface area contributed by atoms with Gasteiger partial charge in [-0.3, -0.25) is 14.9 Å². The molecule has 0 saturated carbocycles. The number of benzene rings is 1. The van der Waals surface area contributed by atoms with Crippen LogP contribution in [0.5, 0.6) is 0 Å². The van der Waals surface area contributed by atoms with Crippen molar-refractivity contribution >= 4 is 11.6 Å². The molecule has 9 heteroatoms. The predicted molar refractivity (Wildman–Crippen MR) is 73.1 cm³/mol. The molecule has 1 N–H and O–H groups in total. The molecule has 1 rings (SSSR count). The second kappa shape index (κ2) is 6.30. The molecular formula is C13H16F3N3O3. The van der Waals surface area contributed by atoms with Crippen LogP contribution in [0.3, 0.4) is 0 Å². The van der Waals surface area contributed by atoms with Crippen LogP contribution in [0.25, 0.3) is 0 Å². The van der Waals surface area contributed by atoms with Crippen LogP contribution >= 0.6 is 0 Å². The lowest BCUT2D eigenvalue weighted by Crippen LogP contribution is -2.48. The molecule has 1 amide bonds. The first kappa shape index (κ1) is 17.9. The van der Waals surface area contributed by atoms with E-state index in [9.17, 15) is 28.1 Å². The molecule has 0 fully saturated rings. The minimum Gasteiger partial charge on any atom is -0.350 e. The minimum atomic E-state index is -2.05. The van der Waals surface area contributed by atoms with Gasteiger partial charge < -0.3 is 10.2 Å². The zero-order valence-corrected chi connectivity index (χ0v) is 12.5. The second-order valence-electron chi connectivity index (χ2n) is 5.53. The van der Waals surface area contributed by atoms with Crippen LogP contribution in [0.1, 0.15) is 24.2 Å². The Kier molecular flexibility index (Phi) is 5.13. The Bertz CT molecular complexity index is 618. The first-order valence-corrected chi connectivity index (χ1v) is 6.26. The van der Waals surface area contributed by atoms with Gasteiger partial charge in [-0.15, -0.1) is 0 Å². The first-order valence-electron chi connectivity index (χ1n) is 6.26. The Balaban J connectivity index is 3.12. The molecule has 0 aliphatic carbocycles. The third-order valence-corrected chi connectivity index (χ3v) is 3.46. The van der Waals surface area contributed by atoms with E-state index >= 15 is 0 Å². The quantitative estimate of drug-likeness (QED) is 0.512. The molecule has 6 nitrogen and oxygen atoms in total. The van der Waals surface area contributed by atoms with Gasteiger partial charge in [0.25, 0.3) is 5.91 Å². The number of carbonyl (C=O) groups is 1. The van der Waals surface area contributed by atoms with Gasteiger partial charge in [0.05, 0.1) is 10.5 Å². The van der Waals surface area contributed by atoms with Crippen molar-refractivity contribution in [2.24, 2.45) is 0 Å². The second-order valence-corrected chi connectivity index (χ2v) is 5.53. The lowest BCUT2D eigenvalue weighted by Gasteiger charge is -2.32. The summed E-state index contributed by atoms with van der Waals surface area (Å²) in [5.74, 6) is -6.81. The van der Waals surface area contributed by atoms with Crippen molar-refractivity contribution in [1.29, 1.82) is 0 Å². The zero-order chi connectivity index (χ0) is 17.2. The van der Waals surface area contributed by atoms with E-state index in [2.05, 4.69) is 5.32 Å². The number of nitrogens with one attached hydrogen (secondary N) is 1. The Labute approximate surface area is 125 Å². The van der Waals surface area contributed by atoms with Crippen molar-refractivity contribution in [3.05, 3.63) is 39.2 Å². The van der Waals surface area contributed by atoms with Crippen LogP contribution in [0, 0.1) is 27.6 Å². The predicted octanol–water partition coefficient (Wildman–Crippen LogP) is 2.08. The normalized spacial score (nSPS) is 11.6. The summed E-state index contributed by atoms with van der Waals surface area (Å²) in [5.41, 5.74) is -2.70. The number of likely N-dealkylation sites (N-methyl/N-ethyl adjacent to an activating group) is 1. The summed E-state index contributed by atoms with van der Waals surface area (Å²) < 4.78 is 40.2. The van der Waals surface area contributed by atoms with Crippen molar-refractivity contribution in [1.82, 2.24) is 10.2 Å². The molecule has 0 aromatic heterocycles. The summed E-state index contributed by atoms with van der Waals surface area (Å²) in [7, 11) is 3.52. The van der Waals surface area contributed by atoms with Crippen LogP contribution in [-0.4, -0.2) is 41.9 Å². The number of hydrogen-bond acceptors (Lipinski definition) is 4. The fourth-order valence-corrected chi connectivity index (χ4v) is 1.44. The van der Waals surface area contributed by atoms with Gasteiger partial charge in [-0.1, -0.05) is 0 Å². The zero-order valence-electron chi connectivity index (χ0n) is 12.5. The first-order chi connectivity index (χ1) is 9.99. The van der Waals surface area contributed by atoms with Crippen LogP contribution in [0.15, 0.2) is 6.07 Å². The van der Waals surface area contributed by atoms with Crippen LogP contribution in [0.2, 0.25) is 0 Å². The molecule has 122 valence electrons. The van der Waals surface area contributed by atoms with E-state index in [1.807, 2.05) is 0 Å².